The molecule has 0 spiro atoms. The van der Waals surface area contributed by atoms with Gasteiger partial charge in [-0.15, -0.1) is 10.2 Å². The summed E-state index contributed by atoms with van der Waals surface area (Å²) in [5, 5.41) is 36.4. The van der Waals surface area contributed by atoms with Crippen LogP contribution in [0.1, 0.15) is 17.0 Å². The lowest BCUT2D eigenvalue weighted by Gasteiger charge is -2.10. The van der Waals surface area contributed by atoms with E-state index in [0.717, 1.165) is 11.1 Å². The fourth-order valence-corrected chi connectivity index (χ4v) is 2.54. The Hall–Kier alpha value is -4.26. The molecule has 3 rings (SSSR count). The van der Waals surface area contributed by atoms with Crippen LogP contribution in [0.3, 0.4) is 0 Å². The minimum absolute atomic E-state index is 0.104. The number of nitrogens with one attached hydrogen (secondary N) is 2. The van der Waals surface area contributed by atoms with Gasteiger partial charge in [-0.3, -0.25) is 10.1 Å². The second-order valence-electron chi connectivity index (χ2n) is 5.95. The van der Waals surface area contributed by atoms with Crippen LogP contribution in [-0.2, 0) is 0 Å². The van der Waals surface area contributed by atoms with Gasteiger partial charge in [0.2, 0.25) is 5.82 Å². The Kier molecular flexibility index (Phi) is 5.27. The predicted molar refractivity (Wildman–Crippen MR) is 100 cm³/mol. The summed E-state index contributed by atoms with van der Waals surface area (Å²) in [6.45, 7) is 3.87. The summed E-state index contributed by atoms with van der Waals surface area (Å²) in [4.78, 5) is 10.7. The first-order chi connectivity index (χ1) is 13.4. The number of nitro groups is 1. The zero-order valence-electron chi connectivity index (χ0n) is 15.0. The second-order valence-corrected chi connectivity index (χ2v) is 5.95. The first-order valence-electron chi connectivity index (χ1n) is 8.11. The Morgan fingerprint density at radius 1 is 1.21 bits per heavy atom. The Balaban J connectivity index is 1.91. The van der Waals surface area contributed by atoms with Gasteiger partial charge >= 0.3 is 0 Å². The van der Waals surface area contributed by atoms with E-state index in [2.05, 4.69) is 25.9 Å². The van der Waals surface area contributed by atoms with Crippen LogP contribution >= 0.6 is 0 Å². The van der Waals surface area contributed by atoms with Crippen molar-refractivity contribution in [2.45, 2.75) is 13.8 Å². The molecule has 0 atom stereocenters. The van der Waals surface area contributed by atoms with Crippen molar-refractivity contribution >= 4 is 16.9 Å². The normalized spacial score (nSPS) is 11.0. The second kappa shape index (κ2) is 7.96. The number of hydrogen-bond acceptors (Lipinski definition) is 8. The van der Waals surface area contributed by atoms with Gasteiger partial charge in [0, 0.05) is 24.0 Å². The molecule has 2 aromatic carbocycles. The first-order valence-corrected chi connectivity index (χ1v) is 8.11. The number of anilines is 1. The highest BCUT2D eigenvalue weighted by Gasteiger charge is 2.12. The maximum atomic E-state index is 11.3. The molecule has 1 heterocycles. The lowest BCUT2D eigenvalue weighted by atomic mass is 10.1. The van der Waals surface area contributed by atoms with Gasteiger partial charge < -0.3 is 10.1 Å². The average Bonchev–Trinajstić information content (AvgIpc) is 3.15. The number of aromatic nitrogens is 4. The van der Waals surface area contributed by atoms with Gasteiger partial charge in [0.1, 0.15) is 23.1 Å². The molecule has 0 aliphatic heterocycles. The van der Waals surface area contributed by atoms with Gasteiger partial charge in [-0.05, 0) is 42.3 Å². The molecule has 10 heteroatoms. The molecule has 0 bridgehead atoms. The molecule has 0 saturated heterocycles. The lowest BCUT2D eigenvalue weighted by Crippen LogP contribution is -1.96. The van der Waals surface area contributed by atoms with Crippen LogP contribution in [0.15, 0.2) is 42.6 Å². The number of rotatable bonds is 6. The van der Waals surface area contributed by atoms with Gasteiger partial charge in [-0.2, -0.15) is 10.5 Å². The van der Waals surface area contributed by atoms with E-state index in [1.807, 2.05) is 38.1 Å². The monoisotopic (exact) mass is 377 g/mol. The van der Waals surface area contributed by atoms with Crippen molar-refractivity contribution in [2.24, 2.45) is 0 Å². The number of H-pyrrole nitrogens is 1. The molecule has 0 aliphatic carbocycles. The molecule has 1 aromatic heterocycles. The number of aryl methyl sites for hydroxylation is 2. The summed E-state index contributed by atoms with van der Waals surface area (Å²) in [7, 11) is 0. The van der Waals surface area contributed by atoms with Crippen LogP contribution in [0.4, 0.5) is 11.4 Å². The van der Waals surface area contributed by atoms with Crippen LogP contribution in [0.25, 0.3) is 5.57 Å². The summed E-state index contributed by atoms with van der Waals surface area (Å²) in [6.07, 6.45) is 1.34. The molecule has 10 nitrogen and oxygen atoms in total. The number of nitriles is 1. The number of nitro benzene ring substituents is 1. The lowest BCUT2D eigenvalue weighted by molar-refractivity contribution is -0.384. The Bertz CT molecular complexity index is 1060. The fraction of sp³-hybridized carbons (Fsp3) is 0.111. The maximum absolute atomic E-state index is 11.3. The zero-order valence-corrected chi connectivity index (χ0v) is 15.0. The fourth-order valence-electron chi connectivity index (χ4n) is 2.54. The predicted octanol–water partition coefficient (Wildman–Crippen LogP) is 3.49. The molecule has 2 N–H and O–H groups in total. The Morgan fingerprint density at radius 2 is 1.93 bits per heavy atom. The minimum Gasteiger partial charge on any atom is -0.457 e. The number of hydrogen-bond donors (Lipinski definition) is 2. The molecule has 0 saturated carbocycles. The topological polar surface area (TPSA) is 143 Å². The van der Waals surface area contributed by atoms with Gasteiger partial charge in [0.05, 0.1) is 11.0 Å². The van der Waals surface area contributed by atoms with E-state index in [4.69, 9.17) is 4.74 Å². The molecule has 28 heavy (non-hydrogen) atoms. The van der Waals surface area contributed by atoms with Crippen molar-refractivity contribution in [3.8, 4) is 17.6 Å². The quantitative estimate of drug-likeness (QED) is 0.377. The van der Waals surface area contributed by atoms with Gasteiger partial charge in [-0.25, -0.2) is 0 Å². The maximum Gasteiger partial charge on any atom is 0.275 e. The molecule has 140 valence electrons. The van der Waals surface area contributed by atoms with E-state index >= 15 is 0 Å². The van der Waals surface area contributed by atoms with Crippen molar-refractivity contribution < 1.29 is 9.66 Å². The third-order valence-corrected chi connectivity index (χ3v) is 3.62. The van der Waals surface area contributed by atoms with E-state index in [0.29, 0.717) is 11.4 Å². The largest absolute Gasteiger partial charge is 0.457 e. The van der Waals surface area contributed by atoms with Gasteiger partial charge in [0.15, 0.2) is 0 Å². The van der Waals surface area contributed by atoms with Gasteiger partial charge in [0.25, 0.3) is 5.69 Å². The van der Waals surface area contributed by atoms with Crippen LogP contribution < -0.4 is 10.1 Å². The number of nitrogens with zero attached hydrogens (tertiary/aromatic N) is 5. The third-order valence-electron chi connectivity index (χ3n) is 3.62. The Morgan fingerprint density at radius 3 is 2.54 bits per heavy atom. The SMILES string of the molecule is Cc1cc(C)cc(Oc2cc(NC=C(C#N)c3nn[nH]n3)cc([N+](=O)[O-])c2)c1. The molecule has 0 aliphatic rings. The third kappa shape index (κ3) is 4.47. The minimum atomic E-state index is -0.520. The Labute approximate surface area is 159 Å². The molecule has 0 radical (unpaired) electrons. The summed E-state index contributed by atoms with van der Waals surface area (Å²) >= 11 is 0. The summed E-state index contributed by atoms with van der Waals surface area (Å²) in [5.74, 6) is 0.962. The molecular weight excluding hydrogens is 362 g/mol. The number of ether oxygens (including phenoxy) is 1. The molecule has 3 aromatic rings. The van der Waals surface area contributed by atoms with Crippen LogP contribution in [0, 0.1) is 35.3 Å². The number of allylic oxidation sites excluding steroid dienone is 1. The van der Waals surface area contributed by atoms with Crippen LogP contribution in [0.2, 0.25) is 0 Å². The van der Waals surface area contributed by atoms with Gasteiger partial charge in [-0.1, -0.05) is 6.07 Å². The first kappa shape index (κ1) is 18.5. The smallest absolute Gasteiger partial charge is 0.275 e. The standard InChI is InChI=1S/C18H15N7O3/c1-11-3-12(2)5-16(4-11)28-17-7-14(6-15(8-17)25(26)27)20-10-13(9-19)18-21-23-24-22-18/h3-8,10,20H,1-2H3,(H,21,22,23,24). The molecule has 0 amide bonds. The summed E-state index contributed by atoms with van der Waals surface area (Å²) < 4.78 is 5.81. The van der Waals surface area contributed by atoms with Crippen molar-refractivity contribution in [3.63, 3.8) is 0 Å². The molecular formula is C18H15N7O3. The van der Waals surface area contributed by atoms with E-state index < -0.39 is 4.92 Å². The van der Waals surface area contributed by atoms with Crippen molar-refractivity contribution in [1.29, 1.82) is 5.26 Å². The highest BCUT2D eigenvalue weighted by Crippen LogP contribution is 2.30. The van der Waals surface area contributed by atoms with Crippen LogP contribution in [0.5, 0.6) is 11.5 Å². The highest BCUT2D eigenvalue weighted by molar-refractivity contribution is 5.74. The number of non-ortho nitro benzene ring substituents is 1. The average molecular weight is 377 g/mol. The number of aromatic amines is 1. The number of benzene rings is 2. The number of tetrazole rings is 1. The summed E-state index contributed by atoms with van der Waals surface area (Å²) in [5.41, 5.74) is 2.35. The summed E-state index contributed by atoms with van der Waals surface area (Å²) in [6, 6.07) is 11.8. The molecule has 0 unspecified atom stereocenters. The molecule has 0 fully saturated rings. The van der Waals surface area contributed by atoms with E-state index in [-0.39, 0.29) is 22.8 Å². The van der Waals surface area contributed by atoms with E-state index in [9.17, 15) is 15.4 Å². The highest BCUT2D eigenvalue weighted by atomic mass is 16.6. The van der Waals surface area contributed by atoms with Crippen molar-refractivity contribution in [2.75, 3.05) is 5.32 Å². The van der Waals surface area contributed by atoms with E-state index in [1.54, 1.807) is 6.07 Å². The van der Waals surface area contributed by atoms with E-state index in [1.165, 1.54) is 18.3 Å². The van der Waals surface area contributed by atoms with Crippen molar-refractivity contribution in [3.05, 3.63) is 69.7 Å². The van der Waals surface area contributed by atoms with Crippen molar-refractivity contribution in [1.82, 2.24) is 20.6 Å². The van der Waals surface area contributed by atoms with Crippen LogP contribution in [-0.4, -0.2) is 25.5 Å². The zero-order chi connectivity index (χ0) is 20.1.